The maximum atomic E-state index is 12.4. The number of nitrogens with one attached hydrogen (secondary N) is 1. The monoisotopic (exact) mass is 436 g/mol. The zero-order valence-electron chi connectivity index (χ0n) is 17.8. The van der Waals surface area contributed by atoms with Gasteiger partial charge in [0.05, 0.1) is 32.2 Å². The van der Waals surface area contributed by atoms with Crippen molar-refractivity contribution in [2.75, 3.05) is 38.4 Å². The van der Waals surface area contributed by atoms with Crippen LogP contribution < -0.4 is 23.8 Å². The van der Waals surface area contributed by atoms with E-state index in [9.17, 15) is 13.2 Å². The van der Waals surface area contributed by atoms with Crippen LogP contribution in [0.5, 0.6) is 17.2 Å². The predicted octanol–water partition coefficient (Wildman–Crippen LogP) is 2.75. The molecule has 0 fully saturated rings. The van der Waals surface area contributed by atoms with E-state index in [1.807, 2.05) is 19.1 Å². The van der Waals surface area contributed by atoms with Crippen molar-refractivity contribution < 1.29 is 27.4 Å². The number of anilines is 1. The van der Waals surface area contributed by atoms with Crippen molar-refractivity contribution in [3.05, 3.63) is 48.0 Å². The van der Waals surface area contributed by atoms with Gasteiger partial charge in [-0.3, -0.25) is 9.10 Å². The summed E-state index contributed by atoms with van der Waals surface area (Å²) in [6.45, 7) is 1.81. The molecule has 9 heteroatoms. The van der Waals surface area contributed by atoms with Gasteiger partial charge < -0.3 is 19.5 Å². The van der Waals surface area contributed by atoms with Crippen LogP contribution in [0.1, 0.15) is 24.9 Å². The van der Waals surface area contributed by atoms with Crippen LogP contribution in [0.2, 0.25) is 0 Å². The molecular weight excluding hydrogens is 408 g/mol. The SMILES string of the molecule is CC[C@H](NC(=O)COc1ccc(N(C)S(C)(=O)=O)cc1)c1ccc(OC)c(OC)c1. The number of carbonyl (C=O) groups excluding carboxylic acids is 1. The van der Waals surface area contributed by atoms with Gasteiger partial charge in [0.1, 0.15) is 5.75 Å². The van der Waals surface area contributed by atoms with Gasteiger partial charge in [0.15, 0.2) is 18.1 Å². The van der Waals surface area contributed by atoms with E-state index in [2.05, 4.69) is 5.32 Å². The Bertz CT molecular complexity index is 960. The van der Waals surface area contributed by atoms with Crippen molar-refractivity contribution in [1.82, 2.24) is 5.32 Å². The van der Waals surface area contributed by atoms with E-state index in [-0.39, 0.29) is 18.6 Å². The number of ether oxygens (including phenoxy) is 3. The summed E-state index contributed by atoms with van der Waals surface area (Å²) in [5.41, 5.74) is 1.41. The maximum Gasteiger partial charge on any atom is 0.258 e. The van der Waals surface area contributed by atoms with Crippen molar-refractivity contribution in [3.8, 4) is 17.2 Å². The van der Waals surface area contributed by atoms with Crippen molar-refractivity contribution in [2.24, 2.45) is 0 Å². The van der Waals surface area contributed by atoms with Gasteiger partial charge in [0, 0.05) is 7.05 Å². The average Bonchev–Trinajstić information content (AvgIpc) is 2.74. The number of hydrogen-bond acceptors (Lipinski definition) is 6. The minimum atomic E-state index is -3.34. The first-order valence-corrected chi connectivity index (χ1v) is 11.2. The molecule has 1 atom stereocenters. The lowest BCUT2D eigenvalue weighted by Gasteiger charge is -2.19. The van der Waals surface area contributed by atoms with Gasteiger partial charge in [-0.05, 0) is 48.4 Å². The van der Waals surface area contributed by atoms with Gasteiger partial charge in [0.25, 0.3) is 5.91 Å². The van der Waals surface area contributed by atoms with Crippen molar-refractivity contribution >= 4 is 21.6 Å². The van der Waals surface area contributed by atoms with Crippen LogP contribution in [-0.4, -0.2) is 48.5 Å². The van der Waals surface area contributed by atoms with E-state index in [4.69, 9.17) is 14.2 Å². The highest BCUT2D eigenvalue weighted by Gasteiger charge is 2.16. The number of nitrogens with zero attached hydrogens (tertiary/aromatic N) is 1. The van der Waals surface area contributed by atoms with E-state index in [1.165, 1.54) is 11.4 Å². The van der Waals surface area contributed by atoms with Crippen LogP contribution in [0, 0.1) is 0 Å². The Labute approximate surface area is 177 Å². The fourth-order valence-electron chi connectivity index (χ4n) is 2.82. The second-order valence-electron chi connectivity index (χ2n) is 6.66. The minimum Gasteiger partial charge on any atom is -0.493 e. The maximum absolute atomic E-state index is 12.4. The number of rotatable bonds is 10. The number of amides is 1. The molecule has 8 nitrogen and oxygen atoms in total. The summed E-state index contributed by atoms with van der Waals surface area (Å²) < 4.78 is 40.4. The van der Waals surface area contributed by atoms with Crippen molar-refractivity contribution in [2.45, 2.75) is 19.4 Å². The summed E-state index contributed by atoms with van der Waals surface area (Å²) in [5.74, 6) is 1.41. The Morgan fingerprint density at radius 2 is 1.70 bits per heavy atom. The molecule has 0 spiro atoms. The lowest BCUT2D eigenvalue weighted by atomic mass is 10.0. The Morgan fingerprint density at radius 3 is 2.23 bits per heavy atom. The van der Waals surface area contributed by atoms with Crippen LogP contribution >= 0.6 is 0 Å². The zero-order valence-corrected chi connectivity index (χ0v) is 18.7. The summed E-state index contributed by atoms with van der Waals surface area (Å²) in [4.78, 5) is 12.4. The lowest BCUT2D eigenvalue weighted by molar-refractivity contribution is -0.123. The molecule has 2 rings (SSSR count). The van der Waals surface area contributed by atoms with Gasteiger partial charge in [-0.2, -0.15) is 0 Å². The third kappa shape index (κ3) is 6.03. The van der Waals surface area contributed by atoms with Crippen molar-refractivity contribution in [3.63, 3.8) is 0 Å². The van der Waals surface area contributed by atoms with Crippen LogP contribution in [0.4, 0.5) is 5.69 Å². The molecule has 0 aliphatic carbocycles. The molecule has 0 bridgehead atoms. The fraction of sp³-hybridized carbons (Fsp3) is 0.381. The summed E-state index contributed by atoms with van der Waals surface area (Å²) in [5, 5.41) is 2.94. The number of sulfonamides is 1. The molecule has 0 aliphatic heterocycles. The van der Waals surface area contributed by atoms with E-state index >= 15 is 0 Å². The molecule has 0 heterocycles. The quantitative estimate of drug-likeness (QED) is 0.616. The Morgan fingerprint density at radius 1 is 1.07 bits per heavy atom. The van der Waals surface area contributed by atoms with Gasteiger partial charge in [-0.1, -0.05) is 13.0 Å². The first-order valence-electron chi connectivity index (χ1n) is 9.37. The van der Waals surface area contributed by atoms with Crippen LogP contribution in [-0.2, 0) is 14.8 Å². The summed E-state index contributed by atoms with van der Waals surface area (Å²) >= 11 is 0. The Kier molecular flexibility index (Phi) is 7.93. The van der Waals surface area contributed by atoms with E-state index < -0.39 is 10.0 Å². The number of benzene rings is 2. The highest BCUT2D eigenvalue weighted by molar-refractivity contribution is 7.92. The molecule has 164 valence electrons. The summed E-state index contributed by atoms with van der Waals surface area (Å²) in [7, 11) is 1.27. The Hall–Kier alpha value is -2.94. The van der Waals surface area contributed by atoms with Crippen LogP contribution in [0.15, 0.2) is 42.5 Å². The third-order valence-corrected chi connectivity index (χ3v) is 5.83. The molecule has 2 aromatic rings. The Balaban J connectivity index is 1.98. The first-order chi connectivity index (χ1) is 14.2. The molecule has 0 saturated carbocycles. The predicted molar refractivity (Wildman–Crippen MR) is 116 cm³/mol. The number of hydrogen-bond donors (Lipinski definition) is 1. The van der Waals surface area contributed by atoms with Crippen LogP contribution in [0.25, 0.3) is 0 Å². The van der Waals surface area contributed by atoms with Gasteiger partial charge in [-0.15, -0.1) is 0 Å². The molecule has 0 unspecified atom stereocenters. The molecule has 30 heavy (non-hydrogen) atoms. The topological polar surface area (TPSA) is 94.2 Å². The minimum absolute atomic E-state index is 0.162. The normalized spacial score (nSPS) is 12.0. The molecule has 2 aromatic carbocycles. The van der Waals surface area contributed by atoms with E-state index in [0.717, 1.165) is 11.8 Å². The summed E-state index contributed by atoms with van der Waals surface area (Å²) in [6, 6.07) is 11.8. The fourth-order valence-corrected chi connectivity index (χ4v) is 3.32. The molecule has 0 saturated heterocycles. The average molecular weight is 437 g/mol. The molecule has 0 aliphatic rings. The number of carbonyl (C=O) groups is 1. The summed E-state index contributed by atoms with van der Waals surface area (Å²) in [6.07, 6.45) is 1.82. The smallest absolute Gasteiger partial charge is 0.258 e. The second-order valence-corrected chi connectivity index (χ2v) is 8.67. The number of methoxy groups -OCH3 is 2. The largest absolute Gasteiger partial charge is 0.493 e. The molecule has 1 N–H and O–H groups in total. The first kappa shape index (κ1) is 23.3. The second kappa shape index (κ2) is 10.2. The van der Waals surface area contributed by atoms with E-state index in [1.54, 1.807) is 44.6 Å². The zero-order chi connectivity index (χ0) is 22.3. The molecule has 0 aromatic heterocycles. The molecular formula is C21H28N2O6S. The van der Waals surface area contributed by atoms with Gasteiger partial charge in [-0.25, -0.2) is 8.42 Å². The highest BCUT2D eigenvalue weighted by atomic mass is 32.2. The van der Waals surface area contributed by atoms with Gasteiger partial charge >= 0.3 is 0 Å². The van der Waals surface area contributed by atoms with Gasteiger partial charge in [0.2, 0.25) is 10.0 Å². The highest BCUT2D eigenvalue weighted by Crippen LogP contribution is 2.30. The lowest BCUT2D eigenvalue weighted by Crippen LogP contribution is -2.32. The van der Waals surface area contributed by atoms with Crippen molar-refractivity contribution in [1.29, 1.82) is 0 Å². The third-order valence-electron chi connectivity index (χ3n) is 4.62. The standard InChI is InChI=1S/C21H28N2O6S/c1-6-18(15-7-12-19(27-3)20(13-15)28-4)22-21(24)14-29-17-10-8-16(9-11-17)23(2)30(5,25)26/h7-13,18H,6,14H2,1-5H3,(H,22,24)/t18-/m0/s1. The van der Waals surface area contributed by atoms with E-state index in [0.29, 0.717) is 29.4 Å². The molecule has 1 amide bonds. The molecule has 0 radical (unpaired) electrons. The van der Waals surface area contributed by atoms with Crippen LogP contribution in [0.3, 0.4) is 0 Å².